The third-order valence-corrected chi connectivity index (χ3v) is 6.42. The largest absolute Gasteiger partial charge is 0.480 e. The van der Waals surface area contributed by atoms with E-state index in [0.717, 1.165) is 26.8 Å². The fraction of sp³-hybridized carbons (Fsp3) is 0.296. The molecule has 1 aliphatic carbocycles. The van der Waals surface area contributed by atoms with E-state index in [1.165, 1.54) is 13.1 Å². The fourth-order valence-electron chi connectivity index (χ4n) is 4.53. The summed E-state index contributed by atoms with van der Waals surface area (Å²) < 4.78 is 6.45. The number of aromatic nitrogens is 2. The van der Waals surface area contributed by atoms with Gasteiger partial charge in [-0.2, -0.15) is 0 Å². The highest BCUT2D eigenvalue weighted by atomic mass is 16.5. The van der Waals surface area contributed by atoms with Gasteiger partial charge in [-0.15, -0.1) is 0 Å². The van der Waals surface area contributed by atoms with Crippen molar-refractivity contribution in [1.82, 2.24) is 20.2 Å². The van der Waals surface area contributed by atoms with Gasteiger partial charge in [-0.25, -0.2) is 14.4 Å². The Morgan fingerprint density at radius 3 is 2.32 bits per heavy atom. The summed E-state index contributed by atoms with van der Waals surface area (Å²) in [6.07, 6.45) is 0.925. The second-order valence-electron chi connectivity index (χ2n) is 9.05. The predicted molar refractivity (Wildman–Crippen MR) is 138 cm³/mol. The minimum absolute atomic E-state index is 0.0459. The number of carboxylic acid groups (broad SMARTS) is 1. The predicted octanol–water partition coefficient (Wildman–Crippen LogP) is 1.73. The van der Waals surface area contributed by atoms with E-state index in [0.29, 0.717) is 0 Å². The summed E-state index contributed by atoms with van der Waals surface area (Å²) in [4.78, 5) is 61.5. The molecule has 4 rings (SSSR count). The maximum absolute atomic E-state index is 12.3. The number of alkyl carbamates (subject to hydrolysis) is 1. The van der Waals surface area contributed by atoms with E-state index in [2.05, 4.69) is 15.6 Å². The number of aryl methyl sites for hydroxylation is 1. The standard InChI is InChI=1S/C27H28N4O7/c1-16-13-31(26(36)30-24(16)33)14-23(32)29-22(25(34)35)11-6-12-28-27(37)38-15-21-19-9-4-2-7-17(19)18-8-3-5-10-20(18)21/h2-5,7-10,13,21-22H,6,11-12,14-15H2,1H3,(H,28,37)(H,29,32)(H,34,35)(H,30,33,36)/t22-/m1/s1. The number of amides is 2. The minimum atomic E-state index is -1.25. The van der Waals surface area contributed by atoms with Gasteiger partial charge in [0.1, 0.15) is 19.2 Å². The normalized spacial score (nSPS) is 12.8. The highest BCUT2D eigenvalue weighted by Gasteiger charge is 2.29. The quantitative estimate of drug-likeness (QED) is 0.296. The fourth-order valence-corrected chi connectivity index (χ4v) is 4.53. The lowest BCUT2D eigenvalue weighted by atomic mass is 9.98. The van der Waals surface area contributed by atoms with Gasteiger partial charge >= 0.3 is 17.8 Å². The highest BCUT2D eigenvalue weighted by Crippen LogP contribution is 2.44. The molecule has 198 valence electrons. The molecule has 0 fully saturated rings. The SMILES string of the molecule is Cc1cn(CC(=O)N[C@H](CCCNC(=O)OCC2c3ccccc3-c3ccccc32)C(=O)O)c(=O)[nH]c1=O. The van der Waals surface area contributed by atoms with Gasteiger partial charge in [0.05, 0.1) is 0 Å². The summed E-state index contributed by atoms with van der Waals surface area (Å²) >= 11 is 0. The van der Waals surface area contributed by atoms with Crippen LogP contribution in [0.4, 0.5) is 4.79 Å². The second-order valence-corrected chi connectivity index (χ2v) is 9.05. The van der Waals surface area contributed by atoms with Crippen molar-refractivity contribution in [2.75, 3.05) is 13.2 Å². The van der Waals surface area contributed by atoms with Crippen LogP contribution in [0.1, 0.15) is 35.4 Å². The first kappa shape index (κ1) is 26.4. The van der Waals surface area contributed by atoms with Gasteiger partial charge in [0.2, 0.25) is 5.91 Å². The minimum Gasteiger partial charge on any atom is -0.480 e. The number of hydrogen-bond donors (Lipinski definition) is 4. The number of fused-ring (bicyclic) bond motifs is 3. The van der Waals surface area contributed by atoms with Crippen LogP contribution in [0.15, 0.2) is 64.3 Å². The van der Waals surface area contributed by atoms with Crippen molar-refractivity contribution in [3.05, 3.63) is 92.3 Å². The number of H-pyrrole nitrogens is 1. The van der Waals surface area contributed by atoms with E-state index in [1.807, 2.05) is 48.5 Å². The Bertz CT molecular complexity index is 1430. The second kappa shape index (κ2) is 11.6. The number of nitrogens with one attached hydrogen (secondary N) is 3. The molecule has 0 unspecified atom stereocenters. The number of aliphatic carboxylic acids is 1. The van der Waals surface area contributed by atoms with Gasteiger partial charge in [0.15, 0.2) is 0 Å². The third kappa shape index (κ3) is 6.00. The number of carbonyl (C=O) groups excluding carboxylic acids is 2. The number of ether oxygens (including phenoxy) is 1. The average Bonchev–Trinajstić information content (AvgIpc) is 3.21. The van der Waals surface area contributed by atoms with Gasteiger partial charge in [-0.3, -0.25) is 19.1 Å². The van der Waals surface area contributed by atoms with E-state index >= 15 is 0 Å². The molecule has 1 aliphatic rings. The Morgan fingerprint density at radius 2 is 1.68 bits per heavy atom. The summed E-state index contributed by atoms with van der Waals surface area (Å²) in [5.74, 6) is -2.02. The Labute approximate surface area is 217 Å². The third-order valence-electron chi connectivity index (χ3n) is 6.42. The maximum atomic E-state index is 12.3. The molecule has 1 heterocycles. The lowest BCUT2D eigenvalue weighted by Crippen LogP contribution is -2.44. The van der Waals surface area contributed by atoms with Crippen LogP contribution in [0, 0.1) is 6.92 Å². The van der Waals surface area contributed by atoms with Crippen LogP contribution < -0.4 is 21.9 Å². The number of rotatable bonds is 10. The van der Waals surface area contributed by atoms with Crippen LogP contribution in [-0.4, -0.2) is 51.8 Å². The Balaban J connectivity index is 1.23. The molecule has 4 N–H and O–H groups in total. The smallest absolute Gasteiger partial charge is 0.407 e. The van der Waals surface area contributed by atoms with Crippen molar-refractivity contribution in [2.45, 2.75) is 38.3 Å². The van der Waals surface area contributed by atoms with Crippen molar-refractivity contribution in [1.29, 1.82) is 0 Å². The lowest BCUT2D eigenvalue weighted by molar-refractivity contribution is -0.142. The van der Waals surface area contributed by atoms with Crippen molar-refractivity contribution >= 4 is 18.0 Å². The molecule has 0 spiro atoms. The molecule has 0 saturated carbocycles. The molecular weight excluding hydrogens is 492 g/mol. The Hall–Kier alpha value is -4.67. The number of nitrogens with zero attached hydrogens (tertiary/aromatic N) is 1. The highest BCUT2D eigenvalue weighted by molar-refractivity contribution is 5.83. The molecule has 3 aromatic rings. The van der Waals surface area contributed by atoms with E-state index in [1.54, 1.807) is 0 Å². The Kier molecular flexibility index (Phi) is 8.05. The molecule has 0 aliphatic heterocycles. The first-order valence-corrected chi connectivity index (χ1v) is 12.2. The van der Waals surface area contributed by atoms with Crippen molar-refractivity contribution in [3.8, 4) is 11.1 Å². The van der Waals surface area contributed by atoms with Gasteiger partial charge in [0.25, 0.3) is 5.56 Å². The number of benzene rings is 2. The van der Waals surface area contributed by atoms with E-state index in [9.17, 15) is 29.1 Å². The molecule has 38 heavy (non-hydrogen) atoms. The lowest BCUT2D eigenvalue weighted by Gasteiger charge is -2.16. The van der Waals surface area contributed by atoms with Crippen molar-refractivity contribution < 1.29 is 24.2 Å². The number of aromatic amines is 1. The first-order valence-electron chi connectivity index (χ1n) is 12.2. The molecule has 0 radical (unpaired) electrons. The van der Waals surface area contributed by atoms with Gasteiger partial charge in [-0.1, -0.05) is 48.5 Å². The van der Waals surface area contributed by atoms with Crippen LogP contribution >= 0.6 is 0 Å². The van der Waals surface area contributed by atoms with E-state index < -0.39 is 41.8 Å². The number of carbonyl (C=O) groups is 3. The first-order chi connectivity index (χ1) is 18.2. The average molecular weight is 521 g/mol. The van der Waals surface area contributed by atoms with Gasteiger partial charge < -0.3 is 20.5 Å². The van der Waals surface area contributed by atoms with Crippen LogP contribution in [0.2, 0.25) is 0 Å². The molecule has 1 aromatic heterocycles. The topological polar surface area (TPSA) is 160 Å². The zero-order valence-electron chi connectivity index (χ0n) is 20.7. The van der Waals surface area contributed by atoms with Crippen LogP contribution in [0.3, 0.4) is 0 Å². The van der Waals surface area contributed by atoms with E-state index in [4.69, 9.17) is 4.74 Å². The molecular formula is C27H28N4O7. The molecule has 0 saturated heterocycles. The number of carboxylic acids is 1. The molecule has 11 heteroatoms. The van der Waals surface area contributed by atoms with Gasteiger partial charge in [-0.05, 0) is 42.0 Å². The van der Waals surface area contributed by atoms with Crippen molar-refractivity contribution in [2.24, 2.45) is 0 Å². The monoisotopic (exact) mass is 520 g/mol. The van der Waals surface area contributed by atoms with Crippen LogP contribution in [0.25, 0.3) is 11.1 Å². The van der Waals surface area contributed by atoms with Crippen LogP contribution in [-0.2, 0) is 20.9 Å². The Morgan fingerprint density at radius 1 is 1.05 bits per heavy atom. The maximum Gasteiger partial charge on any atom is 0.407 e. The molecule has 0 bridgehead atoms. The summed E-state index contributed by atoms with van der Waals surface area (Å²) in [5.41, 5.74) is 3.36. The van der Waals surface area contributed by atoms with Crippen molar-refractivity contribution in [3.63, 3.8) is 0 Å². The van der Waals surface area contributed by atoms with E-state index in [-0.39, 0.29) is 37.5 Å². The summed E-state index contributed by atoms with van der Waals surface area (Å²) in [6, 6.07) is 14.8. The summed E-state index contributed by atoms with van der Waals surface area (Å²) in [5, 5.41) is 14.4. The zero-order valence-corrected chi connectivity index (χ0v) is 20.7. The van der Waals surface area contributed by atoms with Gasteiger partial charge in [0, 0.05) is 24.2 Å². The van der Waals surface area contributed by atoms with Crippen LogP contribution in [0.5, 0.6) is 0 Å². The summed E-state index contributed by atoms with van der Waals surface area (Å²) in [6.45, 7) is 1.35. The number of hydrogen-bond acceptors (Lipinski definition) is 6. The molecule has 2 amide bonds. The summed E-state index contributed by atoms with van der Waals surface area (Å²) in [7, 11) is 0. The zero-order chi connectivity index (χ0) is 27.2. The molecule has 1 atom stereocenters. The molecule has 2 aromatic carbocycles. The molecule has 11 nitrogen and oxygen atoms in total.